The average molecular weight is 258 g/mol. The highest BCUT2D eigenvalue weighted by Crippen LogP contribution is 2.17. The van der Waals surface area contributed by atoms with Crippen LogP contribution in [0.1, 0.15) is 17.0 Å². The van der Waals surface area contributed by atoms with Gasteiger partial charge in [0, 0.05) is 5.56 Å². The van der Waals surface area contributed by atoms with Crippen LogP contribution < -0.4 is 4.74 Å². The molecule has 0 saturated carbocycles. The van der Waals surface area contributed by atoms with Gasteiger partial charge in [0.25, 0.3) is 0 Å². The molecule has 6 nitrogen and oxygen atoms in total. The molecule has 98 valence electrons. The third-order valence-electron chi connectivity index (χ3n) is 2.42. The number of ether oxygens (including phenoxy) is 1. The van der Waals surface area contributed by atoms with E-state index >= 15 is 0 Å². The van der Waals surface area contributed by atoms with Crippen molar-refractivity contribution >= 4 is 0 Å². The molecule has 1 aromatic carbocycles. The van der Waals surface area contributed by atoms with Crippen LogP contribution in [-0.4, -0.2) is 31.9 Å². The summed E-state index contributed by atoms with van der Waals surface area (Å²) in [5.41, 5.74) is 1.87. The summed E-state index contributed by atoms with van der Waals surface area (Å²) in [6, 6.07) is 5.57. The first-order chi connectivity index (χ1) is 9.19. The molecule has 0 aliphatic rings. The van der Waals surface area contributed by atoms with Gasteiger partial charge in [0.2, 0.25) is 5.82 Å². The highest BCUT2D eigenvalue weighted by atomic mass is 16.5. The summed E-state index contributed by atoms with van der Waals surface area (Å²) >= 11 is 0. The monoisotopic (exact) mass is 258 g/mol. The quantitative estimate of drug-likeness (QED) is 0.809. The topological polar surface area (TPSA) is 73.1 Å². The zero-order valence-electron chi connectivity index (χ0n) is 10.8. The molecule has 0 spiro atoms. The molecule has 0 atom stereocenters. The van der Waals surface area contributed by atoms with E-state index in [1.54, 1.807) is 7.05 Å². The number of rotatable bonds is 3. The predicted octanol–water partition coefficient (Wildman–Crippen LogP) is 0.441. The zero-order valence-corrected chi connectivity index (χ0v) is 10.8. The van der Waals surface area contributed by atoms with Crippen LogP contribution in [0.2, 0.25) is 0 Å². The fraction of sp³-hybridized carbons (Fsp3) is 0.308. The van der Waals surface area contributed by atoms with Crippen LogP contribution in [0, 0.1) is 18.8 Å². The first-order valence-corrected chi connectivity index (χ1v) is 5.75. The third-order valence-corrected chi connectivity index (χ3v) is 2.42. The fourth-order valence-electron chi connectivity index (χ4n) is 1.53. The molecule has 0 unspecified atom stereocenters. The lowest BCUT2D eigenvalue weighted by Crippen LogP contribution is -1.99. The first kappa shape index (κ1) is 13.1. The largest absolute Gasteiger partial charge is 0.485 e. The first-order valence-electron chi connectivity index (χ1n) is 5.75. The van der Waals surface area contributed by atoms with Crippen molar-refractivity contribution in [2.75, 3.05) is 6.61 Å². The van der Waals surface area contributed by atoms with Crippen molar-refractivity contribution in [3.63, 3.8) is 0 Å². The normalized spacial score (nSPS) is 9.84. The van der Waals surface area contributed by atoms with Gasteiger partial charge >= 0.3 is 0 Å². The second kappa shape index (κ2) is 5.98. The van der Waals surface area contributed by atoms with Crippen molar-refractivity contribution < 1.29 is 9.84 Å². The van der Waals surface area contributed by atoms with E-state index in [2.05, 4.69) is 27.3 Å². The lowest BCUT2D eigenvalue weighted by atomic mass is 10.1. The van der Waals surface area contributed by atoms with Crippen molar-refractivity contribution in [2.24, 2.45) is 7.05 Å². The summed E-state index contributed by atoms with van der Waals surface area (Å²) in [6.07, 6.45) is 0. The van der Waals surface area contributed by atoms with Gasteiger partial charge in [-0.3, -0.25) is 0 Å². The minimum atomic E-state index is -0.143. The van der Waals surface area contributed by atoms with Crippen LogP contribution in [0.5, 0.6) is 5.75 Å². The minimum absolute atomic E-state index is 0.143. The van der Waals surface area contributed by atoms with Gasteiger partial charge in [-0.2, -0.15) is 4.80 Å². The summed E-state index contributed by atoms with van der Waals surface area (Å²) in [5.74, 6) is 6.75. The second-order valence-corrected chi connectivity index (χ2v) is 3.92. The molecule has 0 fully saturated rings. The van der Waals surface area contributed by atoms with Crippen LogP contribution in [0.25, 0.3) is 0 Å². The van der Waals surface area contributed by atoms with Crippen LogP contribution in [-0.2, 0) is 13.7 Å². The Kier molecular flexibility index (Phi) is 4.11. The number of aliphatic hydroxyl groups excluding tert-OH is 1. The molecule has 0 aliphatic carbocycles. The van der Waals surface area contributed by atoms with Crippen molar-refractivity contribution in [3.8, 4) is 17.6 Å². The molecular weight excluding hydrogens is 244 g/mol. The highest BCUT2D eigenvalue weighted by Gasteiger charge is 2.03. The number of aryl methyl sites for hydroxylation is 2. The Morgan fingerprint density at radius 1 is 1.42 bits per heavy atom. The molecule has 0 radical (unpaired) electrons. The van der Waals surface area contributed by atoms with Gasteiger partial charge in [-0.15, -0.1) is 10.2 Å². The van der Waals surface area contributed by atoms with Gasteiger partial charge in [-0.1, -0.05) is 11.8 Å². The number of hydrogen-bond donors (Lipinski definition) is 1. The van der Waals surface area contributed by atoms with Crippen LogP contribution >= 0.6 is 0 Å². The molecule has 2 rings (SSSR count). The Morgan fingerprint density at radius 3 is 2.89 bits per heavy atom. The lowest BCUT2D eigenvalue weighted by Gasteiger charge is -2.05. The Balaban J connectivity index is 2.03. The molecule has 1 heterocycles. The van der Waals surface area contributed by atoms with E-state index < -0.39 is 0 Å². The maximum Gasteiger partial charge on any atom is 0.212 e. The molecule has 0 bridgehead atoms. The Bertz CT molecular complexity index is 625. The van der Waals surface area contributed by atoms with Crippen molar-refractivity contribution in [3.05, 3.63) is 35.2 Å². The summed E-state index contributed by atoms with van der Waals surface area (Å²) in [6.45, 7) is 2.07. The number of aromatic nitrogens is 4. The lowest BCUT2D eigenvalue weighted by molar-refractivity contribution is 0.295. The van der Waals surface area contributed by atoms with Gasteiger partial charge in [0.1, 0.15) is 12.4 Å². The Morgan fingerprint density at radius 2 is 2.26 bits per heavy atom. The highest BCUT2D eigenvalue weighted by molar-refractivity contribution is 5.44. The molecule has 0 aliphatic heterocycles. The van der Waals surface area contributed by atoms with Crippen LogP contribution in [0.4, 0.5) is 0 Å². The van der Waals surface area contributed by atoms with E-state index in [9.17, 15) is 0 Å². The van der Waals surface area contributed by atoms with Crippen LogP contribution in [0.3, 0.4) is 0 Å². The van der Waals surface area contributed by atoms with E-state index in [4.69, 9.17) is 9.84 Å². The minimum Gasteiger partial charge on any atom is -0.485 e. The third kappa shape index (κ3) is 3.53. The molecule has 0 amide bonds. The number of hydrogen-bond acceptors (Lipinski definition) is 5. The van der Waals surface area contributed by atoms with Gasteiger partial charge in [-0.25, -0.2) is 0 Å². The predicted molar refractivity (Wildman–Crippen MR) is 68.3 cm³/mol. The van der Waals surface area contributed by atoms with E-state index in [1.807, 2.05) is 25.1 Å². The Labute approximate surface area is 111 Å². The summed E-state index contributed by atoms with van der Waals surface area (Å²) in [7, 11) is 1.70. The van der Waals surface area contributed by atoms with E-state index in [0.29, 0.717) is 5.82 Å². The number of nitrogens with zero attached hydrogens (tertiary/aromatic N) is 4. The average Bonchev–Trinajstić information content (AvgIpc) is 2.81. The summed E-state index contributed by atoms with van der Waals surface area (Å²) in [4.78, 5) is 1.39. The van der Waals surface area contributed by atoms with Crippen molar-refractivity contribution in [1.82, 2.24) is 20.2 Å². The molecule has 6 heteroatoms. The molecular formula is C13H14N4O2. The van der Waals surface area contributed by atoms with Gasteiger partial charge in [0.15, 0.2) is 6.61 Å². The molecule has 1 N–H and O–H groups in total. The zero-order chi connectivity index (χ0) is 13.7. The Hall–Kier alpha value is -2.39. The number of benzene rings is 1. The second-order valence-electron chi connectivity index (χ2n) is 3.92. The van der Waals surface area contributed by atoms with E-state index in [0.717, 1.165) is 16.9 Å². The SMILES string of the molecule is Cc1cc(OCc2nnn(C)n2)ccc1C#CCO. The van der Waals surface area contributed by atoms with E-state index in [-0.39, 0.29) is 13.2 Å². The fourth-order valence-corrected chi connectivity index (χ4v) is 1.53. The number of aliphatic hydroxyl groups is 1. The standard InChI is InChI=1S/C13H14N4O2/c1-10-8-12(6-5-11(10)4-3-7-18)19-9-13-14-16-17(2)15-13/h5-6,8,18H,7,9H2,1-2H3. The van der Waals surface area contributed by atoms with Gasteiger partial charge in [-0.05, 0) is 35.9 Å². The summed E-state index contributed by atoms with van der Waals surface area (Å²) in [5, 5.41) is 20.3. The van der Waals surface area contributed by atoms with Crippen molar-refractivity contribution in [1.29, 1.82) is 0 Å². The van der Waals surface area contributed by atoms with Gasteiger partial charge < -0.3 is 9.84 Å². The molecule has 2 aromatic rings. The summed E-state index contributed by atoms with van der Waals surface area (Å²) < 4.78 is 5.57. The van der Waals surface area contributed by atoms with E-state index in [1.165, 1.54) is 4.80 Å². The smallest absolute Gasteiger partial charge is 0.212 e. The maximum atomic E-state index is 8.67. The van der Waals surface area contributed by atoms with Crippen LogP contribution in [0.15, 0.2) is 18.2 Å². The maximum absolute atomic E-state index is 8.67. The van der Waals surface area contributed by atoms with Crippen molar-refractivity contribution in [2.45, 2.75) is 13.5 Å². The molecule has 1 aromatic heterocycles. The molecule has 0 saturated heterocycles. The number of tetrazole rings is 1. The molecule has 19 heavy (non-hydrogen) atoms. The van der Waals surface area contributed by atoms with Gasteiger partial charge in [0.05, 0.1) is 7.05 Å².